The van der Waals surface area contributed by atoms with Crippen LogP contribution in [0.1, 0.15) is 37.5 Å². The minimum atomic E-state index is -1.59. The molecule has 0 heterocycles. The first-order valence-electron chi connectivity index (χ1n) is 16.4. The standard InChI is InChI=1S/C39H47N3O8/c1-39(2,3)36(42-33(43)21-26-17-12-16-25-15-10-11-18-28(25)26)37(45)41-29(19-24-13-8-7-9-14-24)35(44)34(38(46)47)40-23-27-20-31(49-5)32(50-6)22-30(27)48-4/h7-18,20,22,29,34-36,40,44H,19,21,23H2,1-6H3,(H,41,45)(H,42,43)(H,46,47)/t29-,34+,35+,36+/m0/s1. The number of benzene rings is 4. The maximum absolute atomic E-state index is 14.0. The van der Waals surface area contributed by atoms with Crippen molar-refractivity contribution in [2.75, 3.05) is 21.3 Å². The number of aliphatic hydroxyl groups excluding tert-OH is 1. The Hall–Kier alpha value is -5.13. The molecule has 4 atom stereocenters. The fourth-order valence-corrected chi connectivity index (χ4v) is 5.94. The van der Waals surface area contributed by atoms with Gasteiger partial charge in [-0.1, -0.05) is 93.6 Å². The predicted molar refractivity (Wildman–Crippen MR) is 191 cm³/mol. The Morgan fingerprint density at radius 2 is 1.38 bits per heavy atom. The summed E-state index contributed by atoms with van der Waals surface area (Å²) >= 11 is 0. The molecule has 0 bridgehead atoms. The molecule has 0 aliphatic heterocycles. The van der Waals surface area contributed by atoms with E-state index in [1.165, 1.54) is 21.3 Å². The van der Waals surface area contributed by atoms with E-state index in [2.05, 4.69) is 16.0 Å². The summed E-state index contributed by atoms with van der Waals surface area (Å²) in [5.74, 6) is -0.927. The maximum Gasteiger partial charge on any atom is 0.323 e. The number of ether oxygens (including phenoxy) is 3. The number of hydrogen-bond acceptors (Lipinski definition) is 8. The number of aliphatic hydroxyl groups is 1. The lowest BCUT2D eigenvalue weighted by Gasteiger charge is -2.34. The van der Waals surface area contributed by atoms with Crippen LogP contribution in [0.4, 0.5) is 0 Å². The Labute approximate surface area is 292 Å². The molecule has 0 aromatic heterocycles. The third-order valence-electron chi connectivity index (χ3n) is 8.61. The summed E-state index contributed by atoms with van der Waals surface area (Å²) in [5, 5.41) is 32.6. The highest BCUT2D eigenvalue weighted by Crippen LogP contribution is 2.34. The van der Waals surface area contributed by atoms with Crippen LogP contribution < -0.4 is 30.2 Å². The van der Waals surface area contributed by atoms with Crippen molar-refractivity contribution in [1.82, 2.24) is 16.0 Å². The van der Waals surface area contributed by atoms with Gasteiger partial charge in [0.05, 0.1) is 33.8 Å². The average Bonchev–Trinajstić information content (AvgIpc) is 3.09. The van der Waals surface area contributed by atoms with Gasteiger partial charge in [0.1, 0.15) is 23.9 Å². The Morgan fingerprint density at radius 3 is 2.02 bits per heavy atom. The number of methoxy groups -OCH3 is 3. The molecule has 266 valence electrons. The van der Waals surface area contributed by atoms with Gasteiger partial charge in [0, 0.05) is 18.2 Å². The molecule has 0 fully saturated rings. The summed E-state index contributed by atoms with van der Waals surface area (Å²) in [6, 6.07) is 22.4. The van der Waals surface area contributed by atoms with Gasteiger partial charge in [-0.15, -0.1) is 0 Å². The second kappa shape index (κ2) is 17.0. The van der Waals surface area contributed by atoms with Crippen molar-refractivity contribution in [1.29, 1.82) is 0 Å². The van der Waals surface area contributed by atoms with Crippen LogP contribution in [0.3, 0.4) is 0 Å². The molecule has 11 nitrogen and oxygen atoms in total. The number of carbonyl (C=O) groups is 3. The Bertz CT molecular complexity index is 1770. The summed E-state index contributed by atoms with van der Waals surface area (Å²) in [5.41, 5.74) is 1.44. The van der Waals surface area contributed by atoms with Crippen LogP contribution in [-0.2, 0) is 33.8 Å². The second-order valence-electron chi connectivity index (χ2n) is 13.2. The lowest BCUT2D eigenvalue weighted by Crippen LogP contribution is -2.61. The third-order valence-corrected chi connectivity index (χ3v) is 8.61. The number of fused-ring (bicyclic) bond motifs is 1. The number of amides is 2. The Balaban J connectivity index is 1.57. The SMILES string of the molecule is COc1cc(OC)c(OC)cc1CN[C@@H](C(=O)O)[C@H](O)[C@H](Cc1ccccc1)NC(=O)[C@@H](NC(=O)Cc1cccc2ccccc12)C(C)(C)C. The summed E-state index contributed by atoms with van der Waals surface area (Å²) in [4.78, 5) is 40.1. The number of carboxylic acid groups (broad SMARTS) is 1. The van der Waals surface area contributed by atoms with Crippen LogP contribution in [0.5, 0.6) is 17.2 Å². The predicted octanol–water partition coefficient (Wildman–Crippen LogP) is 4.27. The minimum Gasteiger partial charge on any atom is -0.496 e. The highest BCUT2D eigenvalue weighted by atomic mass is 16.5. The first kappa shape index (κ1) is 37.7. The summed E-state index contributed by atoms with van der Waals surface area (Å²) in [6.07, 6.45) is -1.41. The molecule has 50 heavy (non-hydrogen) atoms. The van der Waals surface area contributed by atoms with Gasteiger partial charge in [-0.2, -0.15) is 0 Å². The van der Waals surface area contributed by atoms with E-state index in [0.29, 0.717) is 22.8 Å². The van der Waals surface area contributed by atoms with Crippen molar-refractivity contribution in [3.63, 3.8) is 0 Å². The number of rotatable bonds is 16. The zero-order chi connectivity index (χ0) is 36.4. The van der Waals surface area contributed by atoms with Crippen molar-refractivity contribution in [2.24, 2.45) is 5.41 Å². The molecule has 0 saturated heterocycles. The van der Waals surface area contributed by atoms with Gasteiger partial charge in [-0.3, -0.25) is 19.7 Å². The molecule has 5 N–H and O–H groups in total. The number of aliphatic carboxylic acids is 1. The van der Waals surface area contributed by atoms with Gasteiger partial charge >= 0.3 is 5.97 Å². The number of carbonyl (C=O) groups excluding carboxylic acids is 2. The van der Waals surface area contributed by atoms with E-state index in [4.69, 9.17) is 14.2 Å². The van der Waals surface area contributed by atoms with Gasteiger partial charge in [-0.05, 0) is 39.8 Å². The molecular formula is C39H47N3O8. The van der Waals surface area contributed by atoms with Crippen molar-refractivity contribution < 1.29 is 38.8 Å². The molecule has 11 heteroatoms. The number of carboxylic acids is 1. The lowest BCUT2D eigenvalue weighted by atomic mass is 9.85. The molecule has 0 unspecified atom stereocenters. The van der Waals surface area contributed by atoms with Crippen molar-refractivity contribution >= 4 is 28.6 Å². The molecule has 0 aliphatic carbocycles. The molecule has 2 amide bonds. The molecule has 4 aromatic carbocycles. The zero-order valence-corrected chi connectivity index (χ0v) is 29.4. The quantitative estimate of drug-likeness (QED) is 0.116. The monoisotopic (exact) mass is 685 g/mol. The largest absolute Gasteiger partial charge is 0.496 e. The summed E-state index contributed by atoms with van der Waals surface area (Å²) < 4.78 is 16.2. The van der Waals surface area contributed by atoms with Gasteiger partial charge in [0.15, 0.2) is 11.5 Å². The van der Waals surface area contributed by atoms with Crippen LogP contribution in [0.15, 0.2) is 84.9 Å². The van der Waals surface area contributed by atoms with E-state index in [9.17, 15) is 24.6 Å². The van der Waals surface area contributed by atoms with Gasteiger partial charge in [-0.25, -0.2) is 0 Å². The van der Waals surface area contributed by atoms with Crippen molar-refractivity contribution in [3.8, 4) is 17.2 Å². The van der Waals surface area contributed by atoms with Gasteiger partial charge in [0.25, 0.3) is 0 Å². The van der Waals surface area contributed by atoms with Gasteiger partial charge < -0.3 is 35.1 Å². The number of hydrogen-bond donors (Lipinski definition) is 5. The van der Waals surface area contributed by atoms with E-state index >= 15 is 0 Å². The van der Waals surface area contributed by atoms with E-state index in [0.717, 1.165) is 21.9 Å². The maximum atomic E-state index is 14.0. The first-order chi connectivity index (χ1) is 23.9. The van der Waals surface area contributed by atoms with Crippen LogP contribution in [-0.4, -0.2) is 73.6 Å². The first-order valence-corrected chi connectivity index (χ1v) is 16.4. The van der Waals surface area contributed by atoms with Crippen LogP contribution in [0.25, 0.3) is 10.8 Å². The molecule has 0 radical (unpaired) electrons. The van der Waals surface area contributed by atoms with Crippen LogP contribution in [0.2, 0.25) is 0 Å². The van der Waals surface area contributed by atoms with E-state index < -0.39 is 41.5 Å². The van der Waals surface area contributed by atoms with Crippen LogP contribution in [0, 0.1) is 5.41 Å². The van der Waals surface area contributed by atoms with Crippen molar-refractivity contribution in [3.05, 3.63) is 102 Å². The molecule has 0 spiro atoms. The molecule has 0 aliphatic rings. The van der Waals surface area contributed by atoms with E-state index in [-0.39, 0.29) is 25.3 Å². The Morgan fingerprint density at radius 1 is 0.760 bits per heavy atom. The highest BCUT2D eigenvalue weighted by Gasteiger charge is 2.38. The molecule has 4 aromatic rings. The lowest BCUT2D eigenvalue weighted by molar-refractivity contribution is -0.144. The fourth-order valence-electron chi connectivity index (χ4n) is 5.94. The van der Waals surface area contributed by atoms with Gasteiger partial charge in [0.2, 0.25) is 11.8 Å². The topological polar surface area (TPSA) is 155 Å². The van der Waals surface area contributed by atoms with Crippen LogP contribution >= 0.6 is 0 Å². The summed E-state index contributed by atoms with van der Waals surface area (Å²) in [7, 11) is 4.46. The van der Waals surface area contributed by atoms with E-state index in [1.54, 1.807) is 12.1 Å². The van der Waals surface area contributed by atoms with Crippen molar-refractivity contribution in [2.45, 2.75) is 64.4 Å². The molecular weight excluding hydrogens is 638 g/mol. The molecule has 0 saturated carbocycles. The Kier molecular flexibility index (Phi) is 12.8. The summed E-state index contributed by atoms with van der Waals surface area (Å²) in [6.45, 7) is 5.47. The third kappa shape index (κ3) is 9.52. The second-order valence-corrected chi connectivity index (χ2v) is 13.2. The smallest absolute Gasteiger partial charge is 0.323 e. The normalized spacial score (nSPS) is 13.8. The van der Waals surface area contributed by atoms with E-state index in [1.807, 2.05) is 93.6 Å². The molecule has 4 rings (SSSR count). The minimum absolute atomic E-state index is 0.0155. The number of nitrogens with one attached hydrogen (secondary N) is 3. The fraction of sp³-hybridized carbons (Fsp3) is 0.359. The average molecular weight is 686 g/mol. The highest BCUT2D eigenvalue weighted by molar-refractivity contribution is 5.93. The zero-order valence-electron chi connectivity index (χ0n) is 29.4.